The van der Waals surface area contributed by atoms with Crippen molar-refractivity contribution in [1.29, 1.82) is 0 Å². The number of hydrogen-bond acceptors (Lipinski definition) is 5. The van der Waals surface area contributed by atoms with Gasteiger partial charge in [0.05, 0.1) is 6.04 Å². The minimum Gasteiger partial charge on any atom is -0.338 e. The lowest BCUT2D eigenvalue weighted by molar-refractivity contribution is -0.137. The SMILES string of the molecule is CC(C(=O)N1CCN(c2ncccn2)CC1)N1CCC(Cc2ccccc2)CC1. The molecule has 1 atom stereocenters. The van der Waals surface area contributed by atoms with E-state index in [0.29, 0.717) is 0 Å². The van der Waals surface area contributed by atoms with Gasteiger partial charge in [0.2, 0.25) is 11.9 Å². The van der Waals surface area contributed by atoms with E-state index in [0.717, 1.165) is 57.6 Å². The highest BCUT2D eigenvalue weighted by atomic mass is 16.2. The molecule has 6 heteroatoms. The maximum Gasteiger partial charge on any atom is 0.239 e. The normalized spacial score (nSPS) is 19.9. The van der Waals surface area contributed by atoms with Gasteiger partial charge in [-0.05, 0) is 56.8 Å². The van der Waals surface area contributed by atoms with Gasteiger partial charge < -0.3 is 9.80 Å². The number of hydrogen-bond donors (Lipinski definition) is 0. The first-order valence-electron chi connectivity index (χ1n) is 10.8. The molecular formula is C23H31N5O. The van der Waals surface area contributed by atoms with E-state index in [2.05, 4.69) is 57.0 Å². The van der Waals surface area contributed by atoms with Gasteiger partial charge in [0.25, 0.3) is 0 Å². The number of aromatic nitrogens is 2. The molecular weight excluding hydrogens is 362 g/mol. The Labute approximate surface area is 173 Å². The molecule has 0 N–H and O–H groups in total. The number of piperidine rings is 1. The fraction of sp³-hybridized carbons (Fsp3) is 0.522. The van der Waals surface area contributed by atoms with E-state index in [1.54, 1.807) is 12.4 Å². The first-order valence-corrected chi connectivity index (χ1v) is 10.8. The fourth-order valence-electron chi connectivity index (χ4n) is 4.49. The van der Waals surface area contributed by atoms with Crippen molar-refractivity contribution in [1.82, 2.24) is 19.8 Å². The van der Waals surface area contributed by atoms with Crippen molar-refractivity contribution in [3.63, 3.8) is 0 Å². The quantitative estimate of drug-likeness (QED) is 0.781. The maximum atomic E-state index is 13.0. The summed E-state index contributed by atoms with van der Waals surface area (Å²) in [4.78, 5) is 28.2. The molecule has 0 saturated carbocycles. The Morgan fingerprint density at radius 3 is 2.28 bits per heavy atom. The number of amides is 1. The summed E-state index contributed by atoms with van der Waals surface area (Å²) in [5.74, 6) is 1.75. The molecule has 2 saturated heterocycles. The van der Waals surface area contributed by atoms with Crippen LogP contribution in [0.3, 0.4) is 0 Å². The highest BCUT2D eigenvalue weighted by Gasteiger charge is 2.31. The van der Waals surface area contributed by atoms with E-state index < -0.39 is 0 Å². The predicted octanol–water partition coefficient (Wildman–Crippen LogP) is 2.47. The Hall–Kier alpha value is -2.47. The molecule has 4 rings (SSSR count). The number of benzene rings is 1. The van der Waals surface area contributed by atoms with Crippen LogP contribution in [0.5, 0.6) is 0 Å². The Morgan fingerprint density at radius 1 is 0.966 bits per heavy atom. The van der Waals surface area contributed by atoms with Crippen molar-refractivity contribution >= 4 is 11.9 Å². The van der Waals surface area contributed by atoms with Gasteiger partial charge in [-0.15, -0.1) is 0 Å². The largest absolute Gasteiger partial charge is 0.338 e. The molecule has 1 amide bonds. The van der Waals surface area contributed by atoms with Crippen LogP contribution < -0.4 is 4.90 Å². The lowest BCUT2D eigenvalue weighted by Crippen LogP contribution is -2.55. The zero-order valence-corrected chi connectivity index (χ0v) is 17.3. The van der Waals surface area contributed by atoms with Crippen molar-refractivity contribution in [3.05, 3.63) is 54.4 Å². The summed E-state index contributed by atoms with van der Waals surface area (Å²) < 4.78 is 0. The molecule has 0 spiro atoms. The molecule has 2 aliphatic rings. The lowest BCUT2D eigenvalue weighted by atomic mass is 9.89. The average Bonchev–Trinajstić information content (AvgIpc) is 2.80. The molecule has 0 radical (unpaired) electrons. The topological polar surface area (TPSA) is 52.6 Å². The zero-order chi connectivity index (χ0) is 20.1. The summed E-state index contributed by atoms with van der Waals surface area (Å²) in [5.41, 5.74) is 1.43. The third kappa shape index (κ3) is 4.93. The average molecular weight is 394 g/mol. The minimum absolute atomic E-state index is 0.0350. The third-order valence-electron chi connectivity index (χ3n) is 6.35. The van der Waals surface area contributed by atoms with Gasteiger partial charge in [-0.25, -0.2) is 9.97 Å². The van der Waals surface area contributed by atoms with Crippen LogP contribution >= 0.6 is 0 Å². The van der Waals surface area contributed by atoms with Gasteiger partial charge in [0.1, 0.15) is 0 Å². The molecule has 1 unspecified atom stereocenters. The van der Waals surface area contributed by atoms with Crippen LogP contribution in [0.15, 0.2) is 48.8 Å². The lowest BCUT2D eigenvalue weighted by Gasteiger charge is -2.40. The van der Waals surface area contributed by atoms with Gasteiger partial charge in [-0.3, -0.25) is 9.69 Å². The molecule has 1 aromatic heterocycles. The summed E-state index contributed by atoms with van der Waals surface area (Å²) >= 11 is 0. The van der Waals surface area contributed by atoms with Crippen LogP contribution in [0.25, 0.3) is 0 Å². The van der Waals surface area contributed by atoms with Crippen LogP contribution in [0.4, 0.5) is 5.95 Å². The number of piperazine rings is 1. The Bertz CT molecular complexity index is 768. The molecule has 0 bridgehead atoms. The molecule has 2 aliphatic heterocycles. The number of carbonyl (C=O) groups excluding carboxylic acids is 1. The molecule has 2 fully saturated rings. The fourth-order valence-corrected chi connectivity index (χ4v) is 4.49. The van der Waals surface area contributed by atoms with Crippen molar-refractivity contribution in [3.8, 4) is 0 Å². The van der Waals surface area contributed by atoms with E-state index in [1.807, 2.05) is 11.0 Å². The van der Waals surface area contributed by atoms with Crippen LogP contribution in [0, 0.1) is 5.92 Å². The number of likely N-dealkylation sites (tertiary alicyclic amines) is 1. The van der Waals surface area contributed by atoms with E-state index in [9.17, 15) is 4.79 Å². The van der Waals surface area contributed by atoms with Crippen molar-refractivity contribution < 1.29 is 4.79 Å². The standard InChI is InChI=1S/C23H31N5O/c1-19(26-12-8-21(9-13-26)18-20-6-3-2-4-7-20)22(29)27-14-16-28(17-15-27)23-24-10-5-11-25-23/h2-7,10-11,19,21H,8-9,12-18H2,1H3. The number of rotatable bonds is 5. The smallest absolute Gasteiger partial charge is 0.239 e. The Morgan fingerprint density at radius 2 is 1.62 bits per heavy atom. The van der Waals surface area contributed by atoms with Crippen LogP contribution in [0.1, 0.15) is 25.3 Å². The summed E-state index contributed by atoms with van der Waals surface area (Å²) in [6.07, 6.45) is 7.03. The summed E-state index contributed by atoms with van der Waals surface area (Å²) in [6.45, 7) is 7.18. The molecule has 0 aliphatic carbocycles. The van der Waals surface area contributed by atoms with Crippen LogP contribution in [-0.4, -0.2) is 71.0 Å². The molecule has 29 heavy (non-hydrogen) atoms. The van der Waals surface area contributed by atoms with Crippen molar-refractivity contribution in [2.45, 2.75) is 32.2 Å². The third-order valence-corrected chi connectivity index (χ3v) is 6.35. The molecule has 154 valence electrons. The highest BCUT2D eigenvalue weighted by molar-refractivity contribution is 5.81. The Kier molecular flexibility index (Phi) is 6.39. The molecule has 1 aromatic carbocycles. The van der Waals surface area contributed by atoms with Crippen molar-refractivity contribution in [2.24, 2.45) is 5.92 Å². The van der Waals surface area contributed by atoms with E-state index in [4.69, 9.17) is 0 Å². The van der Waals surface area contributed by atoms with Gasteiger partial charge in [-0.1, -0.05) is 30.3 Å². The van der Waals surface area contributed by atoms with Gasteiger partial charge >= 0.3 is 0 Å². The van der Waals surface area contributed by atoms with E-state index >= 15 is 0 Å². The molecule has 3 heterocycles. The first kappa shape index (κ1) is 19.8. The number of nitrogens with zero attached hydrogens (tertiary/aromatic N) is 5. The Balaban J connectivity index is 1.24. The second kappa shape index (κ2) is 9.35. The molecule has 2 aromatic rings. The van der Waals surface area contributed by atoms with E-state index in [1.165, 1.54) is 18.4 Å². The van der Waals surface area contributed by atoms with Crippen LogP contribution in [0.2, 0.25) is 0 Å². The zero-order valence-electron chi connectivity index (χ0n) is 17.3. The predicted molar refractivity (Wildman–Crippen MR) is 115 cm³/mol. The summed E-state index contributed by atoms with van der Waals surface area (Å²) in [6, 6.07) is 12.5. The van der Waals surface area contributed by atoms with Crippen LogP contribution in [-0.2, 0) is 11.2 Å². The second-order valence-corrected chi connectivity index (χ2v) is 8.21. The van der Waals surface area contributed by atoms with Gasteiger partial charge in [-0.2, -0.15) is 0 Å². The molecule has 6 nitrogen and oxygen atoms in total. The minimum atomic E-state index is -0.0350. The number of carbonyl (C=O) groups is 1. The van der Waals surface area contributed by atoms with E-state index in [-0.39, 0.29) is 11.9 Å². The van der Waals surface area contributed by atoms with Crippen molar-refractivity contribution in [2.75, 3.05) is 44.2 Å². The number of anilines is 1. The summed E-state index contributed by atoms with van der Waals surface area (Å²) in [7, 11) is 0. The van der Waals surface area contributed by atoms with Gasteiger partial charge in [0, 0.05) is 38.6 Å². The highest BCUT2D eigenvalue weighted by Crippen LogP contribution is 2.23. The summed E-state index contributed by atoms with van der Waals surface area (Å²) in [5, 5.41) is 0. The first-order chi connectivity index (χ1) is 14.2. The van der Waals surface area contributed by atoms with Gasteiger partial charge in [0.15, 0.2) is 0 Å². The second-order valence-electron chi connectivity index (χ2n) is 8.21. The monoisotopic (exact) mass is 393 g/mol. The maximum absolute atomic E-state index is 13.0.